The highest BCUT2D eigenvalue weighted by Crippen LogP contribution is 2.34. The predicted molar refractivity (Wildman–Crippen MR) is 60.6 cm³/mol. The van der Waals surface area contributed by atoms with Crippen molar-refractivity contribution in [1.82, 2.24) is 0 Å². The van der Waals surface area contributed by atoms with E-state index in [-0.39, 0.29) is 30.1 Å². The van der Waals surface area contributed by atoms with Gasteiger partial charge in [-0.15, -0.1) is 0 Å². The van der Waals surface area contributed by atoms with E-state index >= 15 is 0 Å². The summed E-state index contributed by atoms with van der Waals surface area (Å²) in [7, 11) is 0. The summed E-state index contributed by atoms with van der Waals surface area (Å²) in [5, 5.41) is 28.8. The zero-order valence-corrected chi connectivity index (χ0v) is 9.80. The Balaban J connectivity index is 2.92. The van der Waals surface area contributed by atoms with Crippen molar-refractivity contribution in [2.24, 2.45) is 0 Å². The normalized spacial score (nSPS) is 14.1. The maximum Gasteiger partial charge on any atom is 0.309 e. The molecule has 0 amide bonds. The Kier molecular flexibility index (Phi) is 3.96. The van der Waals surface area contributed by atoms with Crippen molar-refractivity contribution in [2.45, 2.75) is 25.9 Å². The Morgan fingerprint density at radius 1 is 1.41 bits per heavy atom. The van der Waals surface area contributed by atoms with Gasteiger partial charge in [-0.2, -0.15) is 0 Å². The van der Waals surface area contributed by atoms with E-state index in [0.717, 1.165) is 6.07 Å². The van der Waals surface area contributed by atoms with Gasteiger partial charge in [0.05, 0.1) is 13.0 Å². The average Bonchev–Trinajstić information content (AvgIpc) is 2.15. The molecule has 1 unspecified atom stereocenters. The summed E-state index contributed by atoms with van der Waals surface area (Å²) in [6.45, 7) is 3.30. The largest absolute Gasteiger partial charge is 0.508 e. The molecular weight excluding hydrogens is 224 g/mol. The number of benzene rings is 1. The van der Waals surface area contributed by atoms with Crippen LogP contribution in [0.4, 0.5) is 0 Å². The molecule has 0 saturated carbocycles. The van der Waals surface area contributed by atoms with E-state index in [4.69, 9.17) is 9.84 Å². The standard InChI is InChI=1S/C12H16O5/c1-3-17-11(15)7-12(2,16)9-5-4-8(13)6-10(9)14/h4-6,13-14,16H,3,7H2,1-2H3. The van der Waals surface area contributed by atoms with Gasteiger partial charge in [0.2, 0.25) is 0 Å². The lowest BCUT2D eigenvalue weighted by molar-refractivity contribution is -0.148. The van der Waals surface area contributed by atoms with E-state index < -0.39 is 11.6 Å². The molecule has 1 aromatic rings. The van der Waals surface area contributed by atoms with Crippen molar-refractivity contribution in [1.29, 1.82) is 0 Å². The number of rotatable bonds is 4. The summed E-state index contributed by atoms with van der Waals surface area (Å²) >= 11 is 0. The van der Waals surface area contributed by atoms with Crippen LogP contribution in [-0.2, 0) is 15.1 Å². The molecule has 17 heavy (non-hydrogen) atoms. The fraction of sp³-hybridized carbons (Fsp3) is 0.417. The van der Waals surface area contributed by atoms with E-state index in [9.17, 15) is 15.0 Å². The summed E-state index contributed by atoms with van der Waals surface area (Å²) in [6.07, 6.45) is -0.265. The minimum Gasteiger partial charge on any atom is -0.508 e. The van der Waals surface area contributed by atoms with Crippen molar-refractivity contribution in [2.75, 3.05) is 6.61 Å². The van der Waals surface area contributed by atoms with Crippen LogP contribution in [0.15, 0.2) is 18.2 Å². The van der Waals surface area contributed by atoms with Gasteiger partial charge in [0.1, 0.15) is 17.1 Å². The van der Waals surface area contributed by atoms with Gasteiger partial charge in [-0.1, -0.05) is 0 Å². The highest BCUT2D eigenvalue weighted by atomic mass is 16.5. The molecule has 1 aromatic carbocycles. The van der Waals surface area contributed by atoms with Crippen LogP contribution in [0.3, 0.4) is 0 Å². The molecule has 0 spiro atoms. The van der Waals surface area contributed by atoms with Crippen LogP contribution in [0, 0.1) is 0 Å². The molecule has 94 valence electrons. The highest BCUT2D eigenvalue weighted by molar-refractivity contribution is 5.71. The monoisotopic (exact) mass is 240 g/mol. The van der Waals surface area contributed by atoms with Crippen LogP contribution in [0.2, 0.25) is 0 Å². The van der Waals surface area contributed by atoms with Gasteiger partial charge < -0.3 is 20.1 Å². The topological polar surface area (TPSA) is 87.0 Å². The molecule has 0 saturated heterocycles. The van der Waals surface area contributed by atoms with E-state index in [1.54, 1.807) is 6.92 Å². The maximum absolute atomic E-state index is 11.3. The molecule has 0 bridgehead atoms. The van der Waals surface area contributed by atoms with Crippen LogP contribution < -0.4 is 0 Å². The van der Waals surface area contributed by atoms with E-state index in [2.05, 4.69) is 0 Å². The molecule has 0 heterocycles. The number of hydrogen-bond donors (Lipinski definition) is 3. The van der Waals surface area contributed by atoms with Crippen LogP contribution >= 0.6 is 0 Å². The first-order chi connectivity index (χ1) is 7.86. The molecule has 0 radical (unpaired) electrons. The molecule has 5 nitrogen and oxygen atoms in total. The van der Waals surface area contributed by atoms with Gasteiger partial charge in [0, 0.05) is 11.6 Å². The van der Waals surface area contributed by atoms with Gasteiger partial charge in [-0.25, -0.2) is 0 Å². The Bertz CT molecular complexity index is 411. The molecule has 1 atom stereocenters. The van der Waals surface area contributed by atoms with Crippen LogP contribution in [0.1, 0.15) is 25.8 Å². The number of aliphatic hydroxyl groups is 1. The number of hydrogen-bond acceptors (Lipinski definition) is 5. The number of phenols is 2. The van der Waals surface area contributed by atoms with Crippen LogP contribution in [0.25, 0.3) is 0 Å². The Morgan fingerprint density at radius 2 is 2.06 bits per heavy atom. The predicted octanol–water partition coefficient (Wildman–Crippen LogP) is 1.26. The zero-order chi connectivity index (χ0) is 13.1. The minimum absolute atomic E-state index is 0.113. The number of ether oxygens (including phenoxy) is 1. The molecule has 0 aliphatic rings. The third kappa shape index (κ3) is 3.35. The summed E-state index contributed by atoms with van der Waals surface area (Å²) in [6, 6.07) is 3.80. The van der Waals surface area contributed by atoms with Crippen LogP contribution in [0.5, 0.6) is 11.5 Å². The smallest absolute Gasteiger partial charge is 0.309 e. The lowest BCUT2D eigenvalue weighted by atomic mass is 9.91. The van der Waals surface area contributed by atoms with Crippen molar-refractivity contribution in [3.63, 3.8) is 0 Å². The summed E-state index contributed by atoms with van der Waals surface area (Å²) in [5.41, 5.74) is -1.37. The molecule has 0 aromatic heterocycles. The molecule has 5 heteroatoms. The second kappa shape index (κ2) is 5.05. The van der Waals surface area contributed by atoms with E-state index in [1.807, 2.05) is 0 Å². The quantitative estimate of drug-likeness (QED) is 0.690. The van der Waals surface area contributed by atoms with Crippen molar-refractivity contribution in [3.8, 4) is 11.5 Å². The van der Waals surface area contributed by atoms with Crippen molar-refractivity contribution in [3.05, 3.63) is 23.8 Å². The van der Waals surface area contributed by atoms with E-state index in [0.29, 0.717) is 0 Å². The second-order valence-corrected chi connectivity index (χ2v) is 3.96. The molecule has 3 N–H and O–H groups in total. The molecule has 0 fully saturated rings. The zero-order valence-electron chi connectivity index (χ0n) is 9.80. The highest BCUT2D eigenvalue weighted by Gasteiger charge is 2.30. The van der Waals surface area contributed by atoms with Gasteiger partial charge in [-0.3, -0.25) is 4.79 Å². The average molecular weight is 240 g/mol. The first-order valence-corrected chi connectivity index (χ1v) is 5.27. The number of carbonyl (C=O) groups is 1. The molecular formula is C12H16O5. The van der Waals surface area contributed by atoms with Gasteiger partial charge in [0.15, 0.2) is 0 Å². The molecule has 0 aliphatic carbocycles. The van der Waals surface area contributed by atoms with Gasteiger partial charge >= 0.3 is 5.97 Å². The lowest BCUT2D eigenvalue weighted by Crippen LogP contribution is -2.26. The van der Waals surface area contributed by atoms with Crippen molar-refractivity contribution >= 4 is 5.97 Å². The SMILES string of the molecule is CCOC(=O)CC(C)(O)c1ccc(O)cc1O. The minimum atomic E-state index is -1.54. The summed E-state index contributed by atoms with van der Waals surface area (Å²) < 4.78 is 4.73. The number of esters is 1. The van der Waals surface area contributed by atoms with Gasteiger partial charge in [0.25, 0.3) is 0 Å². The lowest BCUT2D eigenvalue weighted by Gasteiger charge is -2.23. The van der Waals surface area contributed by atoms with Crippen LogP contribution in [-0.4, -0.2) is 27.9 Å². The third-order valence-electron chi connectivity index (χ3n) is 2.36. The fourth-order valence-corrected chi connectivity index (χ4v) is 1.56. The molecule has 0 aliphatic heterocycles. The van der Waals surface area contributed by atoms with Crippen molar-refractivity contribution < 1.29 is 24.9 Å². The Labute approximate surface area is 99.3 Å². The first-order valence-electron chi connectivity index (χ1n) is 5.27. The number of aromatic hydroxyl groups is 2. The Morgan fingerprint density at radius 3 is 2.59 bits per heavy atom. The summed E-state index contributed by atoms with van der Waals surface area (Å²) in [4.78, 5) is 11.3. The van der Waals surface area contributed by atoms with Gasteiger partial charge in [-0.05, 0) is 26.0 Å². The van der Waals surface area contributed by atoms with E-state index in [1.165, 1.54) is 19.1 Å². The molecule has 1 rings (SSSR count). The second-order valence-electron chi connectivity index (χ2n) is 3.96. The number of phenolic OH excluding ortho intramolecular Hbond substituents is 2. The maximum atomic E-state index is 11.3. The summed E-state index contributed by atoms with van der Waals surface area (Å²) in [5.74, 6) is -0.928. The number of carbonyl (C=O) groups excluding carboxylic acids is 1. The third-order valence-corrected chi connectivity index (χ3v) is 2.36. The Hall–Kier alpha value is -1.75. The first kappa shape index (κ1) is 13.3. The fourth-order valence-electron chi connectivity index (χ4n) is 1.56.